The molecule has 0 saturated carbocycles. The van der Waals surface area contributed by atoms with E-state index in [-0.39, 0.29) is 35.5 Å². The monoisotopic (exact) mass is 582 g/mol. The molecule has 0 unspecified atom stereocenters. The van der Waals surface area contributed by atoms with E-state index in [1.165, 1.54) is 4.68 Å². The van der Waals surface area contributed by atoms with Crippen molar-refractivity contribution in [1.82, 2.24) is 20.0 Å². The van der Waals surface area contributed by atoms with Crippen LogP contribution in [0.25, 0.3) is 10.2 Å². The lowest BCUT2D eigenvalue weighted by Gasteiger charge is -2.21. The molecule has 208 valence electrons. The van der Waals surface area contributed by atoms with Crippen LogP contribution in [0, 0.1) is 23.2 Å². The average Bonchev–Trinajstić information content (AvgIpc) is 3.54. The molecule has 2 heterocycles. The van der Waals surface area contributed by atoms with Crippen LogP contribution >= 0.6 is 11.3 Å². The lowest BCUT2D eigenvalue weighted by molar-refractivity contribution is -0.144. The van der Waals surface area contributed by atoms with Gasteiger partial charge in [-0.05, 0) is 48.2 Å². The summed E-state index contributed by atoms with van der Waals surface area (Å²) < 4.78 is 30.7. The second-order valence-electron chi connectivity index (χ2n) is 9.54. The van der Waals surface area contributed by atoms with Crippen LogP contribution in [0.5, 0.6) is 5.75 Å². The van der Waals surface area contributed by atoms with Crippen molar-refractivity contribution in [1.29, 1.82) is 5.26 Å². The zero-order valence-corrected chi connectivity index (χ0v) is 23.2. The van der Waals surface area contributed by atoms with E-state index in [1.54, 1.807) is 48.7 Å². The highest BCUT2D eigenvalue weighted by Crippen LogP contribution is 2.29. The average molecular weight is 583 g/mol. The van der Waals surface area contributed by atoms with E-state index in [0.29, 0.717) is 27.2 Å². The number of benzene rings is 2. The van der Waals surface area contributed by atoms with Crippen molar-refractivity contribution < 1.29 is 27.9 Å². The zero-order valence-electron chi connectivity index (χ0n) is 21.6. The summed E-state index contributed by atoms with van der Waals surface area (Å²) in [6.07, 6.45) is 1.54. The molecule has 0 bridgehead atoms. The van der Waals surface area contributed by atoms with Crippen molar-refractivity contribution in [2.75, 3.05) is 0 Å². The third kappa shape index (κ3) is 6.87. The number of aliphatic carboxylic acids is 1. The molecule has 12 nitrogen and oxygen atoms in total. The molecule has 4 rings (SSSR count). The number of carbonyl (C=O) groups excluding carboxylic acids is 1. The fraction of sp³-hybridized carbons (Fsp3) is 0.308. The minimum Gasteiger partial charge on any atom is -0.487 e. The number of nitrogens with zero attached hydrogens (tertiary/aromatic N) is 5. The molecule has 14 heteroatoms. The first-order chi connectivity index (χ1) is 18.9. The number of ether oxygens (including phenoxy) is 1. The van der Waals surface area contributed by atoms with Crippen LogP contribution in [-0.2, 0) is 32.6 Å². The van der Waals surface area contributed by atoms with Gasteiger partial charge in [0.05, 0.1) is 34.0 Å². The van der Waals surface area contributed by atoms with Gasteiger partial charge in [0.2, 0.25) is 4.34 Å². The number of rotatable bonds is 12. The maximum absolute atomic E-state index is 13.3. The standard InChI is InChI=1S/C26H26N6O6S2/c1-15(2)24(22(33)10-18(25(34)35)9-16-3-5-17(12-27)6-4-16)32-13-19(30-31-32)14-38-20-7-8-21-23(11-20)39-26(29-21)40(28,36)37/h3-8,11,13,15,18,24H,9-10,14H2,1-2H3,(H,34,35)(H2,28,36,37)/t18-,24-/m1/s1. The SMILES string of the molecule is CC(C)[C@H](C(=O)C[C@@H](Cc1ccc(C#N)cc1)C(=O)O)n1cc(COc2ccc3nc(S(N)(=O)=O)sc3c2)nn1. The molecule has 0 amide bonds. The van der Waals surface area contributed by atoms with Crippen LogP contribution in [0.1, 0.15) is 43.1 Å². The number of primary sulfonamides is 1. The number of hydrogen-bond acceptors (Lipinski definition) is 10. The van der Waals surface area contributed by atoms with Gasteiger partial charge in [-0.2, -0.15) is 5.26 Å². The molecule has 2 aromatic heterocycles. The maximum atomic E-state index is 13.3. The van der Waals surface area contributed by atoms with E-state index in [4.69, 9.17) is 15.1 Å². The first-order valence-electron chi connectivity index (χ1n) is 12.2. The summed E-state index contributed by atoms with van der Waals surface area (Å²) in [5, 5.41) is 32.1. The van der Waals surface area contributed by atoms with Crippen LogP contribution in [0.2, 0.25) is 0 Å². The Morgan fingerprint density at radius 2 is 1.93 bits per heavy atom. The Kier molecular flexibility index (Phi) is 8.58. The number of fused-ring (bicyclic) bond motifs is 1. The number of nitrogens with two attached hydrogens (primary N) is 1. The Morgan fingerprint density at radius 3 is 2.55 bits per heavy atom. The highest BCUT2D eigenvalue weighted by molar-refractivity contribution is 7.91. The van der Waals surface area contributed by atoms with E-state index in [0.717, 1.165) is 16.9 Å². The minimum absolute atomic E-state index is 0.0296. The molecule has 0 aliphatic heterocycles. The Bertz CT molecular complexity index is 1690. The summed E-state index contributed by atoms with van der Waals surface area (Å²) in [6, 6.07) is 12.8. The third-order valence-electron chi connectivity index (χ3n) is 6.14. The molecule has 0 spiro atoms. The van der Waals surface area contributed by atoms with Gasteiger partial charge in [-0.3, -0.25) is 9.59 Å². The van der Waals surface area contributed by atoms with Crippen molar-refractivity contribution in [3.8, 4) is 11.8 Å². The minimum atomic E-state index is -3.91. The number of carboxylic acid groups (broad SMARTS) is 1. The molecule has 0 radical (unpaired) electrons. The van der Waals surface area contributed by atoms with E-state index < -0.39 is 28.0 Å². The zero-order chi connectivity index (χ0) is 29.0. The van der Waals surface area contributed by atoms with Crippen molar-refractivity contribution in [2.24, 2.45) is 17.0 Å². The number of ketones is 1. The van der Waals surface area contributed by atoms with Gasteiger partial charge in [-0.1, -0.05) is 31.2 Å². The lowest BCUT2D eigenvalue weighted by Crippen LogP contribution is -2.29. The fourth-order valence-electron chi connectivity index (χ4n) is 4.20. The molecular weight excluding hydrogens is 556 g/mol. The third-order valence-corrected chi connectivity index (χ3v) is 8.47. The van der Waals surface area contributed by atoms with Gasteiger partial charge in [-0.15, -0.1) is 16.4 Å². The largest absolute Gasteiger partial charge is 0.487 e. The second kappa shape index (κ2) is 11.9. The van der Waals surface area contributed by atoms with Crippen molar-refractivity contribution >= 4 is 43.3 Å². The molecule has 0 fully saturated rings. The summed E-state index contributed by atoms with van der Waals surface area (Å²) >= 11 is 0.935. The van der Waals surface area contributed by atoms with Gasteiger partial charge in [0.1, 0.15) is 24.1 Å². The van der Waals surface area contributed by atoms with Gasteiger partial charge in [-0.25, -0.2) is 23.2 Å². The topological polar surface area (TPSA) is 191 Å². The van der Waals surface area contributed by atoms with Crippen molar-refractivity contribution in [3.05, 3.63) is 65.5 Å². The van der Waals surface area contributed by atoms with Crippen molar-refractivity contribution in [2.45, 2.75) is 43.7 Å². The lowest BCUT2D eigenvalue weighted by atomic mass is 9.89. The maximum Gasteiger partial charge on any atom is 0.307 e. The summed E-state index contributed by atoms with van der Waals surface area (Å²) in [7, 11) is -3.91. The predicted octanol–water partition coefficient (Wildman–Crippen LogP) is 3.09. The van der Waals surface area contributed by atoms with Gasteiger partial charge in [0.25, 0.3) is 10.0 Å². The van der Waals surface area contributed by atoms with Gasteiger partial charge in [0.15, 0.2) is 5.78 Å². The van der Waals surface area contributed by atoms with Gasteiger partial charge in [0, 0.05) is 6.42 Å². The fourth-order valence-corrected chi connectivity index (χ4v) is 5.89. The number of aromatic nitrogens is 4. The van der Waals surface area contributed by atoms with Crippen LogP contribution in [-0.4, -0.2) is 45.3 Å². The van der Waals surface area contributed by atoms with E-state index in [2.05, 4.69) is 15.3 Å². The number of nitriles is 1. The molecule has 0 aliphatic carbocycles. The Morgan fingerprint density at radius 1 is 1.20 bits per heavy atom. The number of carbonyl (C=O) groups is 2. The highest BCUT2D eigenvalue weighted by atomic mass is 32.2. The first kappa shape index (κ1) is 28.8. The number of thiazole rings is 1. The summed E-state index contributed by atoms with van der Waals surface area (Å²) in [5.74, 6) is -2.04. The van der Waals surface area contributed by atoms with E-state index in [9.17, 15) is 23.1 Å². The molecule has 3 N–H and O–H groups in total. The molecule has 2 atom stereocenters. The van der Waals surface area contributed by atoms with Gasteiger partial charge >= 0.3 is 5.97 Å². The van der Waals surface area contributed by atoms with Crippen LogP contribution in [0.15, 0.2) is 53.0 Å². The molecule has 0 saturated heterocycles. The van der Waals surface area contributed by atoms with E-state index >= 15 is 0 Å². The Hall–Kier alpha value is -4.19. The summed E-state index contributed by atoms with van der Waals surface area (Å²) in [6.45, 7) is 3.72. The Labute approximate surface area is 234 Å². The molecular formula is C26H26N6O6S2. The van der Waals surface area contributed by atoms with Crippen LogP contribution < -0.4 is 9.88 Å². The Balaban J connectivity index is 1.43. The molecule has 40 heavy (non-hydrogen) atoms. The smallest absolute Gasteiger partial charge is 0.307 e. The molecule has 0 aliphatic rings. The van der Waals surface area contributed by atoms with Crippen molar-refractivity contribution in [3.63, 3.8) is 0 Å². The number of sulfonamides is 1. The second-order valence-corrected chi connectivity index (χ2v) is 12.3. The summed E-state index contributed by atoms with van der Waals surface area (Å²) in [5.41, 5.74) is 2.11. The van der Waals surface area contributed by atoms with E-state index in [1.807, 2.05) is 19.9 Å². The van der Waals surface area contributed by atoms with Crippen LogP contribution in [0.4, 0.5) is 0 Å². The number of hydrogen-bond donors (Lipinski definition) is 2. The molecule has 4 aromatic rings. The molecule has 2 aromatic carbocycles. The number of carboxylic acids is 1. The first-order valence-corrected chi connectivity index (χ1v) is 14.5. The highest BCUT2D eigenvalue weighted by Gasteiger charge is 2.30. The predicted molar refractivity (Wildman–Crippen MR) is 145 cm³/mol. The number of Topliss-reactive ketones (excluding diaryl/α,β-unsaturated/α-hetero) is 1. The normalized spacial score (nSPS) is 13.2. The van der Waals surface area contributed by atoms with Gasteiger partial charge < -0.3 is 9.84 Å². The van der Waals surface area contributed by atoms with Crippen LogP contribution in [0.3, 0.4) is 0 Å². The quantitative estimate of drug-likeness (QED) is 0.251. The summed E-state index contributed by atoms with van der Waals surface area (Å²) in [4.78, 5) is 29.3.